The number of carboxylic acids is 1. The van der Waals surface area contributed by atoms with Gasteiger partial charge in [-0.3, -0.25) is 4.79 Å². The maximum atomic E-state index is 10.5. The van der Waals surface area contributed by atoms with E-state index >= 15 is 0 Å². The molecule has 5 heteroatoms. The van der Waals surface area contributed by atoms with E-state index in [0.29, 0.717) is 13.2 Å². The van der Waals surface area contributed by atoms with E-state index in [1.54, 1.807) is 0 Å². The lowest BCUT2D eigenvalue weighted by atomic mass is 10.0. The van der Waals surface area contributed by atoms with Crippen LogP contribution in [0, 0.1) is 0 Å². The number of ether oxygens (including phenoxy) is 3. The summed E-state index contributed by atoms with van der Waals surface area (Å²) in [6.45, 7) is 8.69. The lowest BCUT2D eigenvalue weighted by Gasteiger charge is -2.20. The van der Waals surface area contributed by atoms with Crippen LogP contribution in [0.3, 0.4) is 0 Å². The highest BCUT2D eigenvalue weighted by atomic mass is 16.5. The third-order valence-electron chi connectivity index (χ3n) is 5.99. The maximum absolute atomic E-state index is 10.5. The minimum absolute atomic E-state index is 0.00997. The number of carbonyl (C=O) groups is 1. The van der Waals surface area contributed by atoms with Crippen molar-refractivity contribution in [1.29, 1.82) is 0 Å². The van der Waals surface area contributed by atoms with Crippen molar-refractivity contribution in [1.82, 2.24) is 0 Å². The van der Waals surface area contributed by atoms with E-state index in [1.165, 1.54) is 83.5 Å². The van der Waals surface area contributed by atoms with Crippen LogP contribution in [0.5, 0.6) is 0 Å². The molecule has 0 aliphatic rings. The largest absolute Gasteiger partial charge is 0.481 e. The Hall–Kier alpha value is -0.650. The Kier molecular flexibility index (Phi) is 24.5. The molecule has 0 aromatic carbocycles. The second-order valence-electron chi connectivity index (χ2n) is 9.17. The van der Waals surface area contributed by atoms with Gasteiger partial charge in [0.05, 0.1) is 38.4 Å². The van der Waals surface area contributed by atoms with Gasteiger partial charge in [0.1, 0.15) is 0 Å². The van der Waals surface area contributed by atoms with Crippen molar-refractivity contribution in [2.45, 2.75) is 142 Å². The zero-order chi connectivity index (χ0) is 23.7. The summed E-state index contributed by atoms with van der Waals surface area (Å²) in [5.41, 5.74) is 0. The third kappa shape index (κ3) is 24.0. The number of rotatable bonds is 26. The van der Waals surface area contributed by atoms with Crippen LogP contribution in [-0.2, 0) is 19.0 Å². The molecule has 0 spiro atoms. The normalized spacial score (nSPS) is 13.3. The summed E-state index contributed by atoms with van der Waals surface area (Å²) in [6.07, 6.45) is 21.1. The number of hydrogen-bond donors (Lipinski definition) is 1. The molecule has 0 fully saturated rings. The standard InChI is InChI=1S/C27H54O5/c1-4-6-7-8-9-10-11-12-13-14-15-16-17-18-20-30-22-23-32-26(5-2)24-25(3)31-21-19-27(28)29/h25-26H,4-24H2,1-3H3,(H,28,29). The summed E-state index contributed by atoms with van der Waals surface area (Å²) in [6, 6.07) is 0. The minimum Gasteiger partial charge on any atom is -0.481 e. The first kappa shape index (κ1) is 31.4. The van der Waals surface area contributed by atoms with Gasteiger partial charge in [0.2, 0.25) is 0 Å². The fraction of sp³-hybridized carbons (Fsp3) is 0.963. The Labute approximate surface area is 199 Å². The van der Waals surface area contributed by atoms with E-state index in [2.05, 4.69) is 13.8 Å². The molecule has 5 nitrogen and oxygen atoms in total. The maximum Gasteiger partial charge on any atom is 0.305 e. The van der Waals surface area contributed by atoms with Gasteiger partial charge in [-0.05, 0) is 26.2 Å². The average Bonchev–Trinajstić information content (AvgIpc) is 2.77. The van der Waals surface area contributed by atoms with Gasteiger partial charge < -0.3 is 19.3 Å². The first-order valence-corrected chi connectivity index (χ1v) is 13.6. The molecule has 0 saturated heterocycles. The average molecular weight is 459 g/mol. The molecule has 0 aliphatic heterocycles. The van der Waals surface area contributed by atoms with Gasteiger partial charge in [0.15, 0.2) is 0 Å². The molecule has 0 amide bonds. The summed E-state index contributed by atoms with van der Waals surface area (Å²) >= 11 is 0. The SMILES string of the molecule is CCCCCCCCCCCCCCCCOCCOC(CC)CC(C)OCCC(=O)O. The summed E-state index contributed by atoms with van der Waals surface area (Å²) < 4.78 is 17.1. The van der Waals surface area contributed by atoms with Crippen LogP contribution in [0.1, 0.15) is 130 Å². The van der Waals surface area contributed by atoms with Crippen LogP contribution in [0.2, 0.25) is 0 Å². The molecule has 2 unspecified atom stereocenters. The van der Waals surface area contributed by atoms with E-state index in [-0.39, 0.29) is 25.2 Å². The Bertz CT molecular complexity index is 388. The molecular weight excluding hydrogens is 404 g/mol. The van der Waals surface area contributed by atoms with Gasteiger partial charge >= 0.3 is 5.97 Å². The molecule has 192 valence electrons. The fourth-order valence-electron chi connectivity index (χ4n) is 3.91. The molecule has 0 aliphatic carbocycles. The molecule has 0 radical (unpaired) electrons. The monoisotopic (exact) mass is 458 g/mol. The van der Waals surface area contributed by atoms with Crippen molar-refractivity contribution >= 4 is 5.97 Å². The Balaban J connectivity index is 3.32. The topological polar surface area (TPSA) is 65.0 Å². The number of unbranched alkanes of at least 4 members (excludes halogenated alkanes) is 13. The fourth-order valence-corrected chi connectivity index (χ4v) is 3.91. The van der Waals surface area contributed by atoms with Crippen molar-refractivity contribution in [2.24, 2.45) is 0 Å². The van der Waals surface area contributed by atoms with E-state index < -0.39 is 5.97 Å². The molecule has 0 rings (SSSR count). The van der Waals surface area contributed by atoms with Crippen molar-refractivity contribution in [2.75, 3.05) is 26.4 Å². The lowest BCUT2D eigenvalue weighted by molar-refractivity contribution is -0.138. The van der Waals surface area contributed by atoms with Gasteiger partial charge in [-0.1, -0.05) is 97.3 Å². The van der Waals surface area contributed by atoms with Crippen molar-refractivity contribution in [3.63, 3.8) is 0 Å². The van der Waals surface area contributed by atoms with Crippen molar-refractivity contribution in [3.8, 4) is 0 Å². The van der Waals surface area contributed by atoms with Crippen LogP contribution in [-0.4, -0.2) is 49.7 Å². The Morgan fingerprint density at radius 1 is 0.688 bits per heavy atom. The van der Waals surface area contributed by atoms with Gasteiger partial charge in [0.25, 0.3) is 0 Å². The first-order valence-electron chi connectivity index (χ1n) is 13.6. The predicted octanol–water partition coefficient (Wildman–Crippen LogP) is 7.55. The number of aliphatic carboxylic acids is 1. The molecule has 0 aromatic heterocycles. The molecule has 1 N–H and O–H groups in total. The van der Waals surface area contributed by atoms with Crippen LogP contribution >= 0.6 is 0 Å². The molecular formula is C27H54O5. The molecule has 0 bridgehead atoms. The highest BCUT2D eigenvalue weighted by molar-refractivity contribution is 5.66. The smallest absolute Gasteiger partial charge is 0.305 e. The van der Waals surface area contributed by atoms with Gasteiger partial charge in [0, 0.05) is 6.61 Å². The minimum atomic E-state index is -0.823. The van der Waals surface area contributed by atoms with Crippen LogP contribution < -0.4 is 0 Å². The second kappa shape index (κ2) is 25.0. The van der Waals surface area contributed by atoms with Gasteiger partial charge in [-0.15, -0.1) is 0 Å². The Morgan fingerprint density at radius 2 is 1.22 bits per heavy atom. The highest BCUT2D eigenvalue weighted by Crippen LogP contribution is 2.13. The molecule has 0 saturated carbocycles. The van der Waals surface area contributed by atoms with E-state index in [4.69, 9.17) is 19.3 Å². The highest BCUT2D eigenvalue weighted by Gasteiger charge is 2.13. The zero-order valence-electron chi connectivity index (χ0n) is 21.6. The van der Waals surface area contributed by atoms with Crippen molar-refractivity contribution < 1.29 is 24.1 Å². The number of carboxylic acid groups (broad SMARTS) is 1. The van der Waals surface area contributed by atoms with Crippen LogP contribution in [0.4, 0.5) is 0 Å². The summed E-state index contributed by atoms with van der Waals surface area (Å²) in [5.74, 6) is -0.823. The van der Waals surface area contributed by atoms with Gasteiger partial charge in [-0.2, -0.15) is 0 Å². The first-order chi connectivity index (χ1) is 15.6. The van der Waals surface area contributed by atoms with E-state index in [1.807, 2.05) is 6.92 Å². The Morgan fingerprint density at radius 3 is 1.72 bits per heavy atom. The van der Waals surface area contributed by atoms with Crippen molar-refractivity contribution in [3.05, 3.63) is 0 Å². The quantitative estimate of drug-likeness (QED) is 0.136. The summed E-state index contributed by atoms with van der Waals surface area (Å²) in [5, 5.41) is 8.66. The van der Waals surface area contributed by atoms with Crippen LogP contribution in [0.15, 0.2) is 0 Å². The third-order valence-corrected chi connectivity index (χ3v) is 5.99. The summed E-state index contributed by atoms with van der Waals surface area (Å²) in [4.78, 5) is 10.5. The van der Waals surface area contributed by atoms with Gasteiger partial charge in [-0.25, -0.2) is 0 Å². The molecule has 0 heterocycles. The lowest BCUT2D eigenvalue weighted by Crippen LogP contribution is -2.23. The molecule has 2 atom stereocenters. The summed E-state index contributed by atoms with van der Waals surface area (Å²) in [7, 11) is 0. The molecule has 0 aromatic rings. The number of hydrogen-bond acceptors (Lipinski definition) is 4. The van der Waals surface area contributed by atoms with E-state index in [9.17, 15) is 4.79 Å². The van der Waals surface area contributed by atoms with E-state index in [0.717, 1.165) is 25.9 Å². The zero-order valence-corrected chi connectivity index (χ0v) is 21.6. The predicted molar refractivity (Wildman–Crippen MR) is 133 cm³/mol. The van der Waals surface area contributed by atoms with Crippen LogP contribution in [0.25, 0.3) is 0 Å². The second-order valence-corrected chi connectivity index (χ2v) is 9.17. The molecule has 32 heavy (non-hydrogen) atoms.